The minimum absolute atomic E-state index is 0.212. The highest BCUT2D eigenvalue weighted by molar-refractivity contribution is 9.10. The molecule has 0 fully saturated rings. The molecule has 1 rings (SSSR count). The molecule has 94 valence electrons. The SMILES string of the molecule is CC(=O)Nc1ccc(F)c(NS(=O)(=O)CBr)c1. The summed E-state index contributed by atoms with van der Waals surface area (Å²) in [6.07, 6.45) is 0. The largest absolute Gasteiger partial charge is 0.326 e. The smallest absolute Gasteiger partial charge is 0.242 e. The zero-order valence-electron chi connectivity index (χ0n) is 8.83. The molecular weight excluding hydrogens is 315 g/mol. The predicted octanol–water partition coefficient (Wildman–Crippen LogP) is 1.88. The van der Waals surface area contributed by atoms with Gasteiger partial charge in [-0.25, -0.2) is 12.8 Å². The Morgan fingerprint density at radius 1 is 1.47 bits per heavy atom. The number of carbonyl (C=O) groups excluding carboxylic acids is 1. The summed E-state index contributed by atoms with van der Waals surface area (Å²) in [5, 5.41) is 2.42. The summed E-state index contributed by atoms with van der Waals surface area (Å²) in [5.41, 5.74) is 0.0990. The molecule has 0 saturated heterocycles. The van der Waals surface area contributed by atoms with Crippen molar-refractivity contribution in [2.24, 2.45) is 0 Å². The van der Waals surface area contributed by atoms with Gasteiger partial charge in [-0.2, -0.15) is 0 Å². The van der Waals surface area contributed by atoms with Crippen LogP contribution in [0.4, 0.5) is 15.8 Å². The van der Waals surface area contributed by atoms with Gasteiger partial charge >= 0.3 is 0 Å². The number of amides is 1. The molecule has 0 spiro atoms. The van der Waals surface area contributed by atoms with Crippen LogP contribution in [-0.2, 0) is 14.8 Å². The summed E-state index contributed by atoms with van der Waals surface area (Å²) in [6.45, 7) is 1.30. The first-order chi connectivity index (χ1) is 7.84. The van der Waals surface area contributed by atoms with Gasteiger partial charge in [0.25, 0.3) is 0 Å². The molecule has 2 N–H and O–H groups in total. The number of carbonyl (C=O) groups is 1. The number of hydrogen-bond donors (Lipinski definition) is 2. The molecule has 0 saturated carbocycles. The van der Waals surface area contributed by atoms with Crippen LogP contribution < -0.4 is 10.0 Å². The van der Waals surface area contributed by atoms with Crippen molar-refractivity contribution in [3.05, 3.63) is 24.0 Å². The van der Waals surface area contributed by atoms with E-state index in [1.165, 1.54) is 19.1 Å². The molecule has 0 aromatic heterocycles. The molecule has 0 bridgehead atoms. The molecule has 8 heteroatoms. The van der Waals surface area contributed by atoms with Crippen LogP contribution in [0.5, 0.6) is 0 Å². The van der Waals surface area contributed by atoms with E-state index in [4.69, 9.17) is 0 Å². The number of halogens is 2. The third kappa shape index (κ3) is 4.31. The monoisotopic (exact) mass is 324 g/mol. The molecule has 0 aliphatic rings. The second-order valence-electron chi connectivity index (χ2n) is 3.20. The van der Waals surface area contributed by atoms with Crippen molar-refractivity contribution in [1.82, 2.24) is 0 Å². The average Bonchev–Trinajstić information content (AvgIpc) is 2.22. The van der Waals surface area contributed by atoms with E-state index in [0.717, 1.165) is 6.07 Å². The quantitative estimate of drug-likeness (QED) is 0.830. The van der Waals surface area contributed by atoms with Gasteiger partial charge in [-0.3, -0.25) is 9.52 Å². The van der Waals surface area contributed by atoms with E-state index in [9.17, 15) is 17.6 Å². The van der Waals surface area contributed by atoms with Gasteiger partial charge in [0.15, 0.2) is 0 Å². The molecule has 0 aliphatic heterocycles. The van der Waals surface area contributed by atoms with E-state index in [1.54, 1.807) is 0 Å². The Kier molecular flexibility index (Phi) is 4.47. The van der Waals surface area contributed by atoms with Gasteiger partial charge in [-0.05, 0) is 18.2 Å². The Hall–Kier alpha value is -1.15. The van der Waals surface area contributed by atoms with Crippen LogP contribution in [0, 0.1) is 5.82 Å². The van der Waals surface area contributed by atoms with Crippen molar-refractivity contribution in [2.45, 2.75) is 6.92 Å². The zero-order chi connectivity index (χ0) is 13.1. The van der Waals surface area contributed by atoms with Crippen LogP contribution in [0.1, 0.15) is 6.92 Å². The maximum absolute atomic E-state index is 13.3. The van der Waals surface area contributed by atoms with Crippen molar-refractivity contribution in [2.75, 3.05) is 14.7 Å². The van der Waals surface area contributed by atoms with Crippen LogP contribution in [0.2, 0.25) is 0 Å². The Bertz CT molecular complexity index is 533. The maximum atomic E-state index is 13.3. The Labute approximate surface area is 107 Å². The lowest BCUT2D eigenvalue weighted by Gasteiger charge is -2.09. The zero-order valence-corrected chi connectivity index (χ0v) is 11.2. The van der Waals surface area contributed by atoms with Gasteiger partial charge in [-0.15, -0.1) is 0 Å². The minimum atomic E-state index is -3.63. The van der Waals surface area contributed by atoms with Gasteiger partial charge in [0.1, 0.15) is 10.5 Å². The van der Waals surface area contributed by atoms with Gasteiger partial charge in [0.2, 0.25) is 15.9 Å². The number of sulfonamides is 1. The van der Waals surface area contributed by atoms with Gasteiger partial charge < -0.3 is 5.32 Å². The second kappa shape index (κ2) is 5.46. The number of hydrogen-bond acceptors (Lipinski definition) is 3. The van der Waals surface area contributed by atoms with E-state index >= 15 is 0 Å². The van der Waals surface area contributed by atoms with Crippen molar-refractivity contribution in [1.29, 1.82) is 0 Å². The Morgan fingerprint density at radius 3 is 2.65 bits per heavy atom. The molecule has 1 amide bonds. The summed E-state index contributed by atoms with van der Waals surface area (Å²) in [6, 6.07) is 3.61. The first-order valence-electron chi connectivity index (χ1n) is 4.47. The molecule has 5 nitrogen and oxygen atoms in total. The summed E-state index contributed by atoms with van der Waals surface area (Å²) >= 11 is 2.77. The fraction of sp³-hybridized carbons (Fsp3) is 0.222. The maximum Gasteiger partial charge on any atom is 0.242 e. The highest BCUT2D eigenvalue weighted by Crippen LogP contribution is 2.21. The van der Waals surface area contributed by atoms with Gasteiger partial charge in [-0.1, -0.05) is 15.9 Å². The first kappa shape index (κ1) is 13.9. The average molecular weight is 325 g/mol. The highest BCUT2D eigenvalue weighted by atomic mass is 79.9. The molecular formula is C9H10BrFN2O3S. The molecule has 0 radical (unpaired) electrons. The standard InChI is InChI=1S/C9H10BrFN2O3S/c1-6(14)12-7-2-3-8(11)9(4-7)13-17(15,16)5-10/h2-4,13H,5H2,1H3,(H,12,14). The van der Waals surface area contributed by atoms with Crippen molar-refractivity contribution >= 4 is 43.2 Å². The molecule has 0 aliphatic carbocycles. The third-order valence-electron chi connectivity index (χ3n) is 1.70. The van der Waals surface area contributed by atoms with Gasteiger partial charge in [0.05, 0.1) is 5.69 Å². The van der Waals surface area contributed by atoms with Crippen LogP contribution in [0.15, 0.2) is 18.2 Å². The second-order valence-corrected chi connectivity index (χ2v) is 6.23. The van der Waals surface area contributed by atoms with E-state index < -0.39 is 15.8 Å². The number of alkyl halides is 1. The van der Waals surface area contributed by atoms with Crippen molar-refractivity contribution < 1.29 is 17.6 Å². The third-order valence-corrected chi connectivity index (χ3v) is 4.32. The van der Waals surface area contributed by atoms with E-state index in [1.807, 2.05) is 4.72 Å². The molecule has 17 heavy (non-hydrogen) atoms. The van der Waals surface area contributed by atoms with E-state index in [0.29, 0.717) is 5.69 Å². The summed E-state index contributed by atoms with van der Waals surface area (Å²) < 4.78 is 37.5. The predicted molar refractivity (Wildman–Crippen MR) is 67.0 cm³/mol. The van der Waals surface area contributed by atoms with Crippen LogP contribution in [-0.4, -0.2) is 19.0 Å². The van der Waals surface area contributed by atoms with Crippen molar-refractivity contribution in [3.8, 4) is 0 Å². The molecule has 1 aromatic carbocycles. The van der Waals surface area contributed by atoms with E-state index in [-0.39, 0.29) is 16.3 Å². The fourth-order valence-electron chi connectivity index (χ4n) is 1.08. The van der Waals surface area contributed by atoms with E-state index in [2.05, 4.69) is 21.2 Å². The topological polar surface area (TPSA) is 75.3 Å². The summed E-state index contributed by atoms with van der Waals surface area (Å²) in [7, 11) is -3.63. The lowest BCUT2D eigenvalue weighted by Crippen LogP contribution is -2.15. The number of anilines is 2. The number of nitrogens with one attached hydrogen (secondary N) is 2. The molecule has 0 unspecified atom stereocenters. The van der Waals surface area contributed by atoms with Crippen LogP contribution in [0.3, 0.4) is 0 Å². The Morgan fingerprint density at radius 2 is 2.12 bits per heavy atom. The van der Waals surface area contributed by atoms with Gasteiger partial charge in [0, 0.05) is 12.6 Å². The lowest BCUT2D eigenvalue weighted by atomic mass is 10.2. The number of rotatable bonds is 4. The first-order valence-corrected chi connectivity index (χ1v) is 7.25. The van der Waals surface area contributed by atoms with Crippen molar-refractivity contribution in [3.63, 3.8) is 0 Å². The highest BCUT2D eigenvalue weighted by Gasteiger charge is 2.12. The molecule has 0 heterocycles. The lowest BCUT2D eigenvalue weighted by molar-refractivity contribution is -0.114. The normalized spacial score (nSPS) is 11.0. The molecule has 0 atom stereocenters. The number of benzene rings is 1. The fourth-order valence-corrected chi connectivity index (χ4v) is 1.97. The Balaban J connectivity index is 3.03. The van der Waals surface area contributed by atoms with Crippen LogP contribution >= 0.6 is 15.9 Å². The minimum Gasteiger partial charge on any atom is -0.326 e. The summed E-state index contributed by atoms with van der Waals surface area (Å²) in [4.78, 5) is 10.8. The summed E-state index contributed by atoms with van der Waals surface area (Å²) in [5.74, 6) is -1.05. The van der Waals surface area contributed by atoms with Crippen LogP contribution in [0.25, 0.3) is 0 Å². The molecule has 1 aromatic rings.